The van der Waals surface area contributed by atoms with Crippen LogP contribution in [0.25, 0.3) is 0 Å². The minimum atomic E-state index is -3.96. The number of benzene rings is 1. The van der Waals surface area contributed by atoms with E-state index in [1.807, 2.05) is 6.92 Å². The van der Waals surface area contributed by atoms with Gasteiger partial charge in [-0.15, -0.1) is 0 Å². The number of aryl methyl sites for hydroxylation is 1. The fourth-order valence-corrected chi connectivity index (χ4v) is 2.26. The Bertz CT molecular complexity index is 636. The highest BCUT2D eigenvalue weighted by molar-refractivity contribution is 7.90. The summed E-state index contributed by atoms with van der Waals surface area (Å²) < 4.78 is 34.9. The van der Waals surface area contributed by atoms with Crippen LogP contribution in [0.2, 0.25) is 0 Å². The van der Waals surface area contributed by atoms with Crippen molar-refractivity contribution in [3.8, 4) is 0 Å². The van der Waals surface area contributed by atoms with Crippen LogP contribution >= 0.6 is 0 Å². The standard InChI is InChI=1S/C14H17NO6S/c1-3-13(16)20-9-4-10-21-14(17)15-22(18,19)12-7-5-11(2)6-8-12/h3,5-8H,1,4,9-10H2,2H3,(H,15,17). The van der Waals surface area contributed by atoms with Crippen LogP contribution in [0.15, 0.2) is 41.8 Å². The molecule has 0 atom stereocenters. The van der Waals surface area contributed by atoms with Gasteiger partial charge in [-0.3, -0.25) is 0 Å². The Hall–Kier alpha value is -2.35. The first-order valence-corrected chi connectivity index (χ1v) is 7.89. The molecule has 7 nitrogen and oxygen atoms in total. The van der Waals surface area contributed by atoms with E-state index in [-0.39, 0.29) is 24.5 Å². The minimum absolute atomic E-state index is 0.0324. The number of amides is 1. The second kappa shape index (κ2) is 8.18. The van der Waals surface area contributed by atoms with Gasteiger partial charge < -0.3 is 9.47 Å². The molecule has 0 aliphatic heterocycles. The number of hydrogen-bond acceptors (Lipinski definition) is 6. The van der Waals surface area contributed by atoms with Gasteiger partial charge in [0.1, 0.15) is 0 Å². The van der Waals surface area contributed by atoms with E-state index in [4.69, 9.17) is 4.74 Å². The van der Waals surface area contributed by atoms with Gasteiger partial charge in [0.15, 0.2) is 0 Å². The third kappa shape index (κ3) is 5.96. The molecule has 0 aliphatic carbocycles. The summed E-state index contributed by atoms with van der Waals surface area (Å²) >= 11 is 0. The molecule has 1 rings (SSSR count). The molecule has 0 radical (unpaired) electrons. The lowest BCUT2D eigenvalue weighted by atomic mass is 10.2. The molecule has 0 unspecified atom stereocenters. The molecule has 8 heteroatoms. The fourth-order valence-electron chi connectivity index (χ4n) is 1.37. The molecule has 0 bridgehead atoms. The highest BCUT2D eigenvalue weighted by Gasteiger charge is 2.18. The Morgan fingerprint density at radius 1 is 1.18 bits per heavy atom. The quantitative estimate of drug-likeness (QED) is 0.463. The Balaban J connectivity index is 2.39. The molecule has 0 saturated carbocycles. The molecule has 0 aromatic heterocycles. The molecule has 1 amide bonds. The average molecular weight is 327 g/mol. The van der Waals surface area contributed by atoms with Gasteiger partial charge in [-0.25, -0.2) is 22.7 Å². The van der Waals surface area contributed by atoms with Gasteiger partial charge in [-0.2, -0.15) is 0 Å². The second-order valence-corrected chi connectivity index (χ2v) is 5.96. The van der Waals surface area contributed by atoms with Gasteiger partial charge in [0, 0.05) is 12.5 Å². The molecule has 0 saturated heterocycles. The second-order valence-electron chi connectivity index (χ2n) is 4.28. The fraction of sp³-hybridized carbons (Fsp3) is 0.286. The van der Waals surface area contributed by atoms with Crippen molar-refractivity contribution in [1.82, 2.24) is 4.72 Å². The van der Waals surface area contributed by atoms with Crippen LogP contribution in [-0.2, 0) is 24.3 Å². The molecule has 0 heterocycles. The summed E-state index contributed by atoms with van der Waals surface area (Å²) in [6, 6.07) is 6.01. The summed E-state index contributed by atoms with van der Waals surface area (Å²) in [5.74, 6) is -0.577. The first-order valence-electron chi connectivity index (χ1n) is 6.40. The van der Waals surface area contributed by atoms with Crippen molar-refractivity contribution in [2.45, 2.75) is 18.2 Å². The molecule has 0 aliphatic rings. The molecule has 1 aromatic rings. The number of ether oxygens (including phenoxy) is 2. The van der Waals surface area contributed by atoms with Crippen LogP contribution in [0.1, 0.15) is 12.0 Å². The van der Waals surface area contributed by atoms with Gasteiger partial charge in [0.25, 0.3) is 10.0 Å². The van der Waals surface area contributed by atoms with E-state index in [0.29, 0.717) is 0 Å². The number of esters is 1. The first kappa shape index (κ1) is 17.7. The van der Waals surface area contributed by atoms with Crippen LogP contribution < -0.4 is 4.72 Å². The van der Waals surface area contributed by atoms with Gasteiger partial charge in [0.2, 0.25) is 0 Å². The van der Waals surface area contributed by atoms with Crippen LogP contribution in [0, 0.1) is 6.92 Å². The smallest absolute Gasteiger partial charge is 0.421 e. The molecule has 120 valence electrons. The van der Waals surface area contributed by atoms with Crippen molar-refractivity contribution < 1.29 is 27.5 Å². The van der Waals surface area contributed by atoms with Gasteiger partial charge in [-0.1, -0.05) is 24.3 Å². The topological polar surface area (TPSA) is 98.8 Å². The van der Waals surface area contributed by atoms with Crippen molar-refractivity contribution in [1.29, 1.82) is 0 Å². The molecule has 1 N–H and O–H groups in total. The number of rotatable bonds is 7. The summed E-state index contributed by atoms with van der Waals surface area (Å²) in [7, 11) is -3.96. The third-order valence-corrected chi connectivity index (χ3v) is 3.81. The number of nitrogens with one attached hydrogen (secondary N) is 1. The Morgan fingerprint density at radius 3 is 2.36 bits per heavy atom. The lowest BCUT2D eigenvalue weighted by Gasteiger charge is -2.08. The predicted molar refractivity (Wildman–Crippen MR) is 78.6 cm³/mol. The summed E-state index contributed by atoms with van der Waals surface area (Å²) in [5.41, 5.74) is 0.899. The van der Waals surface area contributed by atoms with Crippen LogP contribution in [0.4, 0.5) is 4.79 Å². The number of carbonyl (C=O) groups excluding carboxylic acids is 2. The zero-order valence-electron chi connectivity index (χ0n) is 12.1. The van der Waals surface area contributed by atoms with E-state index in [2.05, 4.69) is 11.3 Å². The summed E-state index contributed by atoms with van der Waals surface area (Å²) in [6.45, 7) is 5.00. The Morgan fingerprint density at radius 2 is 1.77 bits per heavy atom. The van der Waals surface area contributed by atoms with E-state index in [9.17, 15) is 18.0 Å². The lowest BCUT2D eigenvalue weighted by molar-refractivity contribution is -0.137. The first-order chi connectivity index (χ1) is 10.3. The van der Waals surface area contributed by atoms with Gasteiger partial charge in [0.05, 0.1) is 18.1 Å². The van der Waals surface area contributed by atoms with Crippen molar-refractivity contribution in [3.05, 3.63) is 42.5 Å². The summed E-state index contributed by atoms with van der Waals surface area (Å²) in [6.07, 6.45) is 0.176. The maximum Gasteiger partial charge on any atom is 0.421 e. The maximum absolute atomic E-state index is 11.9. The van der Waals surface area contributed by atoms with Crippen LogP contribution in [0.3, 0.4) is 0 Å². The SMILES string of the molecule is C=CC(=O)OCCCOC(=O)NS(=O)(=O)c1ccc(C)cc1. The largest absolute Gasteiger partial charge is 0.462 e. The normalized spacial score (nSPS) is 10.6. The maximum atomic E-state index is 11.9. The molecule has 0 fully saturated rings. The monoisotopic (exact) mass is 327 g/mol. The highest BCUT2D eigenvalue weighted by atomic mass is 32.2. The number of hydrogen-bond donors (Lipinski definition) is 1. The summed E-state index contributed by atoms with van der Waals surface area (Å²) in [5, 5.41) is 0. The van der Waals surface area contributed by atoms with Gasteiger partial charge >= 0.3 is 12.1 Å². The molecular formula is C14H17NO6S. The average Bonchev–Trinajstić information content (AvgIpc) is 2.46. The lowest BCUT2D eigenvalue weighted by Crippen LogP contribution is -2.31. The molecule has 1 aromatic carbocycles. The Kier molecular flexibility index (Phi) is 6.58. The van der Waals surface area contributed by atoms with Crippen molar-refractivity contribution in [3.63, 3.8) is 0 Å². The zero-order valence-corrected chi connectivity index (χ0v) is 12.9. The van der Waals surface area contributed by atoms with E-state index < -0.39 is 22.1 Å². The Labute approximate surface area is 129 Å². The van der Waals surface area contributed by atoms with Crippen molar-refractivity contribution >= 4 is 22.1 Å². The van der Waals surface area contributed by atoms with Crippen LogP contribution in [-0.4, -0.2) is 33.7 Å². The highest BCUT2D eigenvalue weighted by Crippen LogP contribution is 2.09. The molecular weight excluding hydrogens is 310 g/mol. The number of carbonyl (C=O) groups is 2. The van der Waals surface area contributed by atoms with E-state index in [1.54, 1.807) is 16.9 Å². The molecule has 22 heavy (non-hydrogen) atoms. The third-order valence-electron chi connectivity index (χ3n) is 2.48. The van der Waals surface area contributed by atoms with Crippen molar-refractivity contribution in [2.24, 2.45) is 0 Å². The van der Waals surface area contributed by atoms with E-state index in [0.717, 1.165) is 11.6 Å². The predicted octanol–water partition coefficient (Wildman–Crippen LogP) is 1.53. The van der Waals surface area contributed by atoms with E-state index in [1.165, 1.54) is 12.1 Å². The number of sulfonamides is 1. The van der Waals surface area contributed by atoms with Crippen molar-refractivity contribution in [2.75, 3.05) is 13.2 Å². The zero-order chi connectivity index (χ0) is 16.6. The van der Waals surface area contributed by atoms with Crippen LogP contribution in [0.5, 0.6) is 0 Å². The van der Waals surface area contributed by atoms with Gasteiger partial charge in [-0.05, 0) is 19.1 Å². The molecule has 0 spiro atoms. The van der Waals surface area contributed by atoms with E-state index >= 15 is 0 Å². The minimum Gasteiger partial charge on any atom is -0.462 e. The summed E-state index contributed by atoms with van der Waals surface area (Å²) in [4.78, 5) is 22.1.